The van der Waals surface area contributed by atoms with Crippen molar-refractivity contribution in [2.75, 3.05) is 13.2 Å². The molecule has 2 unspecified atom stereocenters. The van der Waals surface area contributed by atoms with E-state index in [1.807, 2.05) is 0 Å². The molecule has 6 aliphatic rings. The lowest BCUT2D eigenvalue weighted by Crippen LogP contribution is -2.51. The van der Waals surface area contributed by atoms with Gasteiger partial charge in [-0.15, -0.1) is 0 Å². The first-order valence-corrected chi connectivity index (χ1v) is 10.1. The summed E-state index contributed by atoms with van der Waals surface area (Å²) in [5, 5.41) is 9.61. The molecule has 25 heavy (non-hydrogen) atoms. The molecule has 2 heterocycles. The summed E-state index contributed by atoms with van der Waals surface area (Å²) < 4.78 is 18.6. The molecule has 4 heteroatoms. The highest BCUT2D eigenvalue weighted by atomic mass is 16.7. The number of rotatable bonds is 0. The van der Waals surface area contributed by atoms with Crippen LogP contribution in [0.15, 0.2) is 11.6 Å². The number of hydrogen-bond donors (Lipinski definition) is 0. The Morgan fingerprint density at radius 1 is 1.12 bits per heavy atom. The zero-order valence-electron chi connectivity index (χ0n) is 15.1. The average molecular weight is 341 g/mol. The van der Waals surface area contributed by atoms with Gasteiger partial charge >= 0.3 is 0 Å². The molecule has 134 valence electrons. The Bertz CT molecular complexity index is 704. The van der Waals surface area contributed by atoms with E-state index in [-0.39, 0.29) is 28.3 Å². The van der Waals surface area contributed by atoms with E-state index >= 15 is 0 Å². The first-order valence-electron chi connectivity index (χ1n) is 10.1. The van der Waals surface area contributed by atoms with Crippen LogP contribution in [0, 0.1) is 34.5 Å². The zero-order valence-corrected chi connectivity index (χ0v) is 15.1. The molecule has 2 saturated heterocycles. The maximum Gasteiger partial charge on any atom is 0.171 e. The summed E-state index contributed by atoms with van der Waals surface area (Å²) >= 11 is 0. The molecule has 0 amide bonds. The average Bonchev–Trinajstić information content (AvgIpc) is 2.88. The van der Waals surface area contributed by atoms with Crippen molar-refractivity contribution < 1.29 is 14.2 Å². The number of nitrogens with zero attached hydrogens (tertiary/aromatic N) is 1. The standard InChI is InChI=1S/C21H27NO3/c1-18-6-5-17-15(16(18)3-2-14(18)12-22)4-7-19-13-20(23-10-11-24-20)8-9-21(17,19)25-19/h5,14-16H,2-4,6-11,13H2,1H3/t14-,15?,16?,18-,19-,21-/m1/s1. The van der Waals surface area contributed by atoms with Gasteiger partial charge in [0, 0.05) is 12.8 Å². The summed E-state index contributed by atoms with van der Waals surface area (Å²) in [5.41, 5.74) is 1.72. The van der Waals surface area contributed by atoms with Gasteiger partial charge in [-0.2, -0.15) is 5.26 Å². The van der Waals surface area contributed by atoms with Gasteiger partial charge in [0.2, 0.25) is 0 Å². The summed E-state index contributed by atoms with van der Waals surface area (Å²) in [7, 11) is 0. The summed E-state index contributed by atoms with van der Waals surface area (Å²) in [6.07, 6.45) is 11.1. The van der Waals surface area contributed by atoms with Gasteiger partial charge in [0.05, 0.1) is 25.2 Å². The minimum atomic E-state index is -0.365. The van der Waals surface area contributed by atoms with Gasteiger partial charge in [-0.3, -0.25) is 0 Å². The summed E-state index contributed by atoms with van der Waals surface area (Å²) in [6.45, 7) is 3.82. The molecule has 3 saturated carbocycles. The maximum atomic E-state index is 9.61. The second kappa shape index (κ2) is 4.50. The molecule has 6 atom stereocenters. The quantitative estimate of drug-likeness (QED) is 0.498. The Morgan fingerprint density at radius 2 is 1.96 bits per heavy atom. The highest BCUT2D eigenvalue weighted by Crippen LogP contribution is 2.73. The third kappa shape index (κ3) is 1.65. The van der Waals surface area contributed by atoms with Crippen molar-refractivity contribution in [2.45, 2.75) is 75.3 Å². The Kier molecular flexibility index (Phi) is 2.73. The summed E-state index contributed by atoms with van der Waals surface area (Å²) in [4.78, 5) is 0. The molecular weight excluding hydrogens is 314 g/mol. The third-order valence-corrected chi connectivity index (χ3v) is 8.83. The number of hydrogen-bond acceptors (Lipinski definition) is 4. The van der Waals surface area contributed by atoms with Crippen LogP contribution in [-0.4, -0.2) is 30.2 Å². The highest BCUT2D eigenvalue weighted by Gasteiger charge is 2.79. The first-order chi connectivity index (χ1) is 12.1. The fraction of sp³-hybridized carbons (Fsp3) is 0.857. The Hall–Kier alpha value is -0.890. The second-order valence-electron chi connectivity index (χ2n) is 9.59. The van der Waals surface area contributed by atoms with E-state index in [1.54, 1.807) is 5.57 Å². The van der Waals surface area contributed by atoms with E-state index in [0.29, 0.717) is 11.8 Å². The predicted molar refractivity (Wildman–Crippen MR) is 90.4 cm³/mol. The van der Waals surface area contributed by atoms with E-state index in [0.717, 1.165) is 51.7 Å². The lowest BCUT2D eigenvalue weighted by Gasteiger charge is -2.49. The van der Waals surface area contributed by atoms with E-state index in [1.165, 1.54) is 12.8 Å². The van der Waals surface area contributed by atoms with Crippen LogP contribution in [0.5, 0.6) is 0 Å². The first kappa shape index (κ1) is 15.2. The van der Waals surface area contributed by atoms with Crippen LogP contribution in [0.4, 0.5) is 0 Å². The van der Waals surface area contributed by atoms with E-state index < -0.39 is 0 Å². The fourth-order valence-corrected chi connectivity index (χ4v) is 7.54. The molecule has 0 aromatic heterocycles. The minimum absolute atomic E-state index is 0.0253. The topological polar surface area (TPSA) is 54.8 Å². The Labute approximate surface area is 149 Å². The van der Waals surface area contributed by atoms with E-state index in [2.05, 4.69) is 19.1 Å². The maximum absolute atomic E-state index is 9.61. The number of epoxide rings is 1. The van der Waals surface area contributed by atoms with Gasteiger partial charge in [-0.05, 0) is 61.3 Å². The molecular formula is C21H27NO3. The summed E-state index contributed by atoms with van der Waals surface area (Å²) in [6, 6.07) is 2.61. The molecule has 0 radical (unpaired) electrons. The SMILES string of the molecule is C[C@]12CC=C3C(CC[C@@]45CC6(CC[C@@]34O5)OCCO6)C1CC[C@@H]2C#N. The largest absolute Gasteiger partial charge is 0.358 e. The van der Waals surface area contributed by atoms with Gasteiger partial charge in [0.1, 0.15) is 11.2 Å². The Morgan fingerprint density at radius 3 is 2.76 bits per heavy atom. The second-order valence-corrected chi connectivity index (χ2v) is 9.59. The van der Waals surface area contributed by atoms with Gasteiger partial charge in [0.15, 0.2) is 5.79 Å². The van der Waals surface area contributed by atoms with Crippen LogP contribution in [0.1, 0.15) is 58.3 Å². The molecule has 2 aliphatic heterocycles. The smallest absolute Gasteiger partial charge is 0.171 e. The van der Waals surface area contributed by atoms with Crippen molar-refractivity contribution in [3.63, 3.8) is 0 Å². The van der Waals surface area contributed by atoms with Crippen molar-refractivity contribution in [3.8, 4) is 6.07 Å². The zero-order chi connectivity index (χ0) is 16.9. The predicted octanol–water partition coefficient (Wildman–Crippen LogP) is 3.72. The monoisotopic (exact) mass is 341 g/mol. The van der Waals surface area contributed by atoms with Crippen LogP contribution < -0.4 is 0 Å². The van der Waals surface area contributed by atoms with Crippen LogP contribution in [0.25, 0.3) is 0 Å². The van der Waals surface area contributed by atoms with Crippen molar-refractivity contribution in [1.82, 2.24) is 0 Å². The van der Waals surface area contributed by atoms with Crippen LogP contribution >= 0.6 is 0 Å². The number of fused-ring (bicyclic) bond motifs is 3. The van der Waals surface area contributed by atoms with Gasteiger partial charge in [-0.25, -0.2) is 0 Å². The van der Waals surface area contributed by atoms with Crippen molar-refractivity contribution >= 4 is 0 Å². The molecule has 5 fully saturated rings. The number of allylic oxidation sites excluding steroid dienone is 1. The lowest BCUT2D eigenvalue weighted by molar-refractivity contribution is -0.185. The molecule has 0 bridgehead atoms. The van der Waals surface area contributed by atoms with Gasteiger partial charge in [-0.1, -0.05) is 13.0 Å². The van der Waals surface area contributed by atoms with Crippen LogP contribution in [0.3, 0.4) is 0 Å². The third-order valence-electron chi connectivity index (χ3n) is 8.83. The van der Waals surface area contributed by atoms with Crippen molar-refractivity contribution in [2.24, 2.45) is 23.2 Å². The lowest BCUT2D eigenvalue weighted by atomic mass is 9.53. The molecule has 0 N–H and O–H groups in total. The molecule has 4 aliphatic carbocycles. The normalized spacial score (nSPS) is 54.7. The fourth-order valence-electron chi connectivity index (χ4n) is 7.54. The molecule has 0 aromatic rings. The number of nitriles is 1. The molecule has 6 rings (SSSR count). The van der Waals surface area contributed by atoms with Crippen molar-refractivity contribution in [1.29, 1.82) is 5.26 Å². The summed E-state index contributed by atoms with van der Waals surface area (Å²) in [5.74, 6) is 1.17. The molecule has 1 spiro atoms. The molecule has 4 nitrogen and oxygen atoms in total. The van der Waals surface area contributed by atoms with Crippen molar-refractivity contribution in [3.05, 3.63) is 11.6 Å². The van der Waals surface area contributed by atoms with Gasteiger partial charge in [0.25, 0.3) is 0 Å². The minimum Gasteiger partial charge on any atom is -0.358 e. The van der Waals surface area contributed by atoms with E-state index in [4.69, 9.17) is 14.2 Å². The van der Waals surface area contributed by atoms with Crippen LogP contribution in [-0.2, 0) is 14.2 Å². The number of ether oxygens (including phenoxy) is 3. The molecule has 0 aromatic carbocycles. The highest BCUT2D eigenvalue weighted by molar-refractivity contribution is 5.43. The van der Waals surface area contributed by atoms with Gasteiger partial charge < -0.3 is 14.2 Å². The Balaban J connectivity index is 1.35. The van der Waals surface area contributed by atoms with E-state index in [9.17, 15) is 5.26 Å². The van der Waals surface area contributed by atoms with Crippen LogP contribution in [0.2, 0.25) is 0 Å².